The maximum absolute atomic E-state index is 12.4. The second kappa shape index (κ2) is 6.64. The van der Waals surface area contributed by atoms with Gasteiger partial charge in [0.25, 0.3) is 0 Å². The Labute approximate surface area is 144 Å². The summed E-state index contributed by atoms with van der Waals surface area (Å²) in [5.74, 6) is -4.08. The van der Waals surface area contributed by atoms with Gasteiger partial charge in [0.05, 0.1) is 14.2 Å². The highest BCUT2D eigenvalue weighted by molar-refractivity contribution is 8.10. The molecule has 0 bridgehead atoms. The van der Waals surface area contributed by atoms with E-state index >= 15 is 0 Å². The van der Waals surface area contributed by atoms with E-state index in [0.717, 1.165) is 14.2 Å². The van der Waals surface area contributed by atoms with Crippen molar-refractivity contribution in [3.8, 4) is 5.75 Å². The van der Waals surface area contributed by atoms with Crippen LogP contribution in [-0.4, -0.2) is 63.7 Å². The molecule has 2 unspecified atom stereocenters. The molecule has 0 spiro atoms. The third-order valence-corrected chi connectivity index (χ3v) is 9.05. The lowest BCUT2D eigenvalue weighted by atomic mass is 9.91. The van der Waals surface area contributed by atoms with E-state index < -0.39 is 53.1 Å². The van der Waals surface area contributed by atoms with Crippen molar-refractivity contribution in [3.63, 3.8) is 0 Å². The molecule has 0 saturated carbocycles. The topological polar surface area (TPSA) is 141 Å². The fourth-order valence-corrected chi connectivity index (χ4v) is 8.25. The first-order valence-corrected chi connectivity index (χ1v) is 10.4. The maximum atomic E-state index is 12.4. The van der Waals surface area contributed by atoms with Gasteiger partial charge in [0.1, 0.15) is 5.75 Å². The predicted molar refractivity (Wildman–Crippen MR) is 85.2 cm³/mol. The average Bonchev–Trinajstić information content (AvgIpc) is 2.52. The molecule has 1 heterocycles. The Morgan fingerprint density at radius 1 is 0.920 bits per heavy atom. The largest absolute Gasteiger partial charge is 0.508 e. The van der Waals surface area contributed by atoms with E-state index in [1.54, 1.807) is 0 Å². The van der Waals surface area contributed by atoms with Crippen molar-refractivity contribution in [1.82, 2.24) is 0 Å². The summed E-state index contributed by atoms with van der Waals surface area (Å²) in [5, 5.41) is 4.23. The van der Waals surface area contributed by atoms with Gasteiger partial charge < -0.3 is 14.6 Å². The first kappa shape index (κ1) is 19.2. The number of phenols is 1. The molecular formula is C14H16O9S2. The van der Waals surface area contributed by atoms with Crippen molar-refractivity contribution in [2.45, 2.75) is 16.4 Å². The van der Waals surface area contributed by atoms with Crippen LogP contribution in [0.3, 0.4) is 0 Å². The van der Waals surface area contributed by atoms with Gasteiger partial charge in [-0.1, -0.05) is 12.1 Å². The number of hydrogen-bond donors (Lipinski definition) is 1. The number of benzene rings is 1. The molecule has 1 aromatic rings. The summed E-state index contributed by atoms with van der Waals surface area (Å²) in [6.45, 7) is 0. The van der Waals surface area contributed by atoms with Crippen LogP contribution in [-0.2, 0) is 38.7 Å². The number of aromatic hydroxyl groups is 1. The molecule has 1 aliphatic rings. The molecule has 11 heteroatoms. The highest BCUT2D eigenvalue weighted by Crippen LogP contribution is 2.39. The van der Waals surface area contributed by atoms with E-state index in [0.29, 0.717) is 0 Å². The summed E-state index contributed by atoms with van der Waals surface area (Å²) in [6, 6.07) is 4.85. The molecule has 1 N–H and O–H groups in total. The van der Waals surface area contributed by atoms with Crippen molar-refractivity contribution >= 4 is 31.6 Å². The Kier molecular flexibility index (Phi) is 5.09. The number of methoxy groups -OCH3 is 2. The van der Waals surface area contributed by atoms with E-state index in [4.69, 9.17) is 0 Å². The fraction of sp³-hybridized carbons (Fsp3) is 0.429. The number of hydrogen-bond acceptors (Lipinski definition) is 9. The predicted octanol–water partition coefficient (Wildman–Crippen LogP) is -0.640. The molecule has 0 radical (unpaired) electrons. The quantitative estimate of drug-likeness (QED) is 0.665. The van der Waals surface area contributed by atoms with E-state index in [2.05, 4.69) is 9.47 Å². The fourth-order valence-electron chi connectivity index (χ4n) is 2.85. The van der Waals surface area contributed by atoms with Gasteiger partial charge in [0.15, 0.2) is 35.3 Å². The summed E-state index contributed by atoms with van der Waals surface area (Å²) in [5.41, 5.74) is 0.0652. The zero-order chi connectivity index (χ0) is 19.0. The molecule has 138 valence electrons. The number of esters is 2. The highest BCUT2D eigenvalue weighted by atomic mass is 32.3. The van der Waals surface area contributed by atoms with E-state index in [9.17, 15) is 31.5 Å². The molecule has 25 heavy (non-hydrogen) atoms. The third-order valence-electron chi connectivity index (χ3n) is 3.90. The van der Waals surface area contributed by atoms with Crippen molar-refractivity contribution in [3.05, 3.63) is 29.8 Å². The minimum Gasteiger partial charge on any atom is -0.508 e. The smallest absolute Gasteiger partial charge is 0.324 e. The average molecular weight is 392 g/mol. The van der Waals surface area contributed by atoms with Crippen LogP contribution in [0.1, 0.15) is 11.5 Å². The van der Waals surface area contributed by atoms with E-state index in [1.807, 2.05) is 0 Å². The number of rotatable bonds is 3. The van der Waals surface area contributed by atoms with Crippen molar-refractivity contribution in [1.29, 1.82) is 0 Å². The Bertz CT molecular complexity index is 833. The minimum atomic E-state index is -4.46. The molecule has 9 nitrogen and oxygen atoms in total. The molecular weight excluding hydrogens is 376 g/mol. The summed E-state index contributed by atoms with van der Waals surface area (Å²) < 4.78 is 58.7. The van der Waals surface area contributed by atoms with Crippen LogP contribution in [0.2, 0.25) is 0 Å². The highest BCUT2D eigenvalue weighted by Gasteiger charge is 2.58. The molecule has 2 atom stereocenters. The number of carbonyl (C=O) groups is 2. The van der Waals surface area contributed by atoms with Gasteiger partial charge in [0, 0.05) is 5.92 Å². The van der Waals surface area contributed by atoms with Gasteiger partial charge in [-0.25, -0.2) is 16.8 Å². The summed E-state index contributed by atoms with van der Waals surface area (Å²) >= 11 is 0. The van der Waals surface area contributed by atoms with Crippen LogP contribution < -0.4 is 0 Å². The molecule has 1 aliphatic heterocycles. The normalized spacial score (nSPS) is 27.2. The minimum absolute atomic E-state index is 0.0652. The Hall–Kier alpha value is -2.14. The number of sulfone groups is 2. The zero-order valence-electron chi connectivity index (χ0n) is 13.3. The van der Waals surface area contributed by atoms with Crippen LogP contribution in [0.15, 0.2) is 24.3 Å². The summed E-state index contributed by atoms with van der Waals surface area (Å²) in [4.78, 5) is 24.2. The second-order valence-corrected chi connectivity index (χ2v) is 10.1. The molecule has 1 aromatic carbocycles. The third kappa shape index (κ3) is 3.47. The van der Waals surface area contributed by atoms with Gasteiger partial charge in [0.2, 0.25) is 0 Å². The summed E-state index contributed by atoms with van der Waals surface area (Å²) in [7, 11) is -6.99. The molecule has 1 fully saturated rings. The number of carbonyl (C=O) groups excluding carboxylic acids is 2. The lowest BCUT2D eigenvalue weighted by Gasteiger charge is -2.34. The summed E-state index contributed by atoms with van der Waals surface area (Å²) in [6.07, 6.45) is 0. The molecule has 1 saturated heterocycles. The second-order valence-electron chi connectivity index (χ2n) is 5.45. The van der Waals surface area contributed by atoms with Crippen LogP contribution in [0.4, 0.5) is 0 Å². The number of phenolic OH excluding ortho intramolecular Hbond substituents is 1. The van der Waals surface area contributed by atoms with Crippen LogP contribution in [0.25, 0.3) is 0 Å². The molecule has 0 amide bonds. The lowest BCUT2D eigenvalue weighted by molar-refractivity contribution is -0.142. The van der Waals surface area contributed by atoms with Crippen LogP contribution in [0.5, 0.6) is 5.75 Å². The number of ether oxygens (including phenoxy) is 2. The zero-order valence-corrected chi connectivity index (χ0v) is 14.9. The van der Waals surface area contributed by atoms with Gasteiger partial charge in [-0.3, -0.25) is 9.59 Å². The van der Waals surface area contributed by atoms with E-state index in [-0.39, 0.29) is 11.3 Å². The van der Waals surface area contributed by atoms with Crippen molar-refractivity contribution in [2.75, 3.05) is 19.3 Å². The van der Waals surface area contributed by atoms with Crippen LogP contribution in [0, 0.1) is 0 Å². The first-order chi connectivity index (χ1) is 11.5. The first-order valence-electron chi connectivity index (χ1n) is 6.93. The van der Waals surface area contributed by atoms with Crippen molar-refractivity contribution < 1.29 is 41.0 Å². The standard InChI is InChI=1S/C14H16O9S2/c1-22-13(16)11-10(8-3-5-9(15)6-4-8)12(14(17)23-2)25(20,21)7-24(11,18)19/h3-6,10-12,15H,7H2,1-2H3. The molecule has 0 aliphatic carbocycles. The van der Waals surface area contributed by atoms with Gasteiger partial charge >= 0.3 is 11.9 Å². The Balaban J connectivity index is 2.77. The lowest BCUT2D eigenvalue weighted by Crippen LogP contribution is -2.55. The van der Waals surface area contributed by atoms with Gasteiger partial charge in [-0.2, -0.15) is 0 Å². The maximum Gasteiger partial charge on any atom is 0.324 e. The van der Waals surface area contributed by atoms with E-state index in [1.165, 1.54) is 24.3 Å². The Morgan fingerprint density at radius 3 is 1.68 bits per heavy atom. The Morgan fingerprint density at radius 2 is 1.32 bits per heavy atom. The van der Waals surface area contributed by atoms with Crippen molar-refractivity contribution in [2.24, 2.45) is 0 Å². The van der Waals surface area contributed by atoms with Gasteiger partial charge in [-0.05, 0) is 17.7 Å². The van der Waals surface area contributed by atoms with Crippen LogP contribution >= 0.6 is 0 Å². The monoisotopic (exact) mass is 392 g/mol. The SMILES string of the molecule is COC(=O)C1C(c2ccc(O)cc2)C(C(=O)OC)S(=O)(=O)CS1(=O)=O. The van der Waals surface area contributed by atoms with Gasteiger partial charge in [-0.15, -0.1) is 0 Å². The molecule has 0 aromatic heterocycles. The molecule has 2 rings (SSSR count).